The van der Waals surface area contributed by atoms with Crippen molar-refractivity contribution < 1.29 is 14.6 Å². The van der Waals surface area contributed by atoms with Gasteiger partial charge in [0.25, 0.3) is 0 Å². The number of carboxylic acid groups (broad SMARTS) is 1. The molecule has 1 aromatic heterocycles. The van der Waals surface area contributed by atoms with E-state index in [4.69, 9.17) is 9.84 Å². The molecule has 1 fully saturated rings. The Morgan fingerprint density at radius 3 is 2.90 bits per heavy atom. The van der Waals surface area contributed by atoms with Crippen molar-refractivity contribution in [2.45, 2.75) is 13.5 Å². The number of hydrogen-bond donors (Lipinski definition) is 1. The molecule has 1 aliphatic rings. The maximum absolute atomic E-state index is 10.6. The molecule has 1 aromatic carbocycles. The third-order valence-electron chi connectivity index (χ3n) is 3.67. The molecule has 4 nitrogen and oxygen atoms in total. The van der Waals surface area contributed by atoms with Crippen LogP contribution in [0.25, 0.3) is 17.0 Å². The van der Waals surface area contributed by atoms with Gasteiger partial charge >= 0.3 is 5.97 Å². The second kappa shape index (κ2) is 4.80. The fourth-order valence-electron chi connectivity index (χ4n) is 2.56. The lowest BCUT2D eigenvalue weighted by Crippen LogP contribution is -2.42. The van der Waals surface area contributed by atoms with E-state index in [1.165, 1.54) is 5.39 Å². The Balaban J connectivity index is 1.93. The Morgan fingerprint density at radius 1 is 1.45 bits per heavy atom. The van der Waals surface area contributed by atoms with Crippen LogP contribution in [0.3, 0.4) is 0 Å². The number of carbonyl (C=O) groups is 1. The van der Waals surface area contributed by atoms with Crippen LogP contribution in [-0.2, 0) is 16.1 Å². The molecule has 1 N–H and O–H groups in total. The molecule has 104 valence electrons. The molecule has 0 bridgehead atoms. The van der Waals surface area contributed by atoms with Gasteiger partial charge in [-0.3, -0.25) is 0 Å². The normalized spacial score (nSPS) is 17.4. The molecule has 0 atom stereocenters. The van der Waals surface area contributed by atoms with E-state index in [0.29, 0.717) is 0 Å². The molecule has 1 saturated heterocycles. The third kappa shape index (κ3) is 2.47. The Morgan fingerprint density at radius 2 is 2.25 bits per heavy atom. The fourth-order valence-corrected chi connectivity index (χ4v) is 2.56. The second-order valence-corrected chi connectivity index (χ2v) is 5.74. The highest BCUT2D eigenvalue weighted by Crippen LogP contribution is 2.30. The zero-order chi connectivity index (χ0) is 14.2. The van der Waals surface area contributed by atoms with E-state index >= 15 is 0 Å². The van der Waals surface area contributed by atoms with Gasteiger partial charge in [0.15, 0.2) is 0 Å². The van der Waals surface area contributed by atoms with Crippen molar-refractivity contribution in [2.75, 3.05) is 13.2 Å². The number of aromatic nitrogens is 1. The number of fused-ring (bicyclic) bond motifs is 1. The summed E-state index contributed by atoms with van der Waals surface area (Å²) >= 11 is 0. The topological polar surface area (TPSA) is 51.5 Å². The average Bonchev–Trinajstić information content (AvgIpc) is 2.77. The predicted octanol–water partition coefficient (Wildman–Crippen LogP) is 2.78. The minimum Gasteiger partial charge on any atom is -0.478 e. The zero-order valence-electron chi connectivity index (χ0n) is 11.4. The first kappa shape index (κ1) is 12.9. The van der Waals surface area contributed by atoms with Crippen molar-refractivity contribution in [1.29, 1.82) is 0 Å². The molecule has 4 heteroatoms. The monoisotopic (exact) mass is 271 g/mol. The van der Waals surface area contributed by atoms with E-state index in [1.54, 1.807) is 6.08 Å². The van der Waals surface area contributed by atoms with Gasteiger partial charge in [0.1, 0.15) is 0 Å². The Labute approximate surface area is 117 Å². The lowest BCUT2D eigenvalue weighted by atomic mass is 9.88. The number of nitrogens with zero attached hydrogens (tertiary/aromatic N) is 1. The first-order valence-electron chi connectivity index (χ1n) is 6.63. The van der Waals surface area contributed by atoms with Gasteiger partial charge in [-0.05, 0) is 29.2 Å². The Hall–Kier alpha value is -2.07. The summed E-state index contributed by atoms with van der Waals surface area (Å²) in [5.74, 6) is -0.931. The van der Waals surface area contributed by atoms with Gasteiger partial charge in [0.05, 0.1) is 13.2 Å². The van der Waals surface area contributed by atoms with Crippen LogP contribution in [0, 0.1) is 5.41 Å². The van der Waals surface area contributed by atoms with Gasteiger partial charge in [-0.25, -0.2) is 4.79 Å². The number of rotatable bonds is 4. The number of aliphatic carboxylic acids is 1. The maximum atomic E-state index is 10.6. The first-order valence-corrected chi connectivity index (χ1v) is 6.63. The highest BCUT2D eigenvalue weighted by atomic mass is 16.5. The molecule has 1 aliphatic heterocycles. The highest BCUT2D eigenvalue weighted by molar-refractivity contribution is 5.87. The minimum atomic E-state index is -0.931. The van der Waals surface area contributed by atoms with Crippen molar-refractivity contribution in [3.8, 4) is 0 Å². The van der Waals surface area contributed by atoms with Gasteiger partial charge in [-0.1, -0.05) is 19.1 Å². The largest absolute Gasteiger partial charge is 0.478 e. The van der Waals surface area contributed by atoms with E-state index in [0.717, 1.165) is 36.9 Å². The molecule has 0 unspecified atom stereocenters. The summed E-state index contributed by atoms with van der Waals surface area (Å²) in [4.78, 5) is 10.6. The van der Waals surface area contributed by atoms with Crippen LogP contribution >= 0.6 is 0 Å². The zero-order valence-corrected chi connectivity index (χ0v) is 11.4. The van der Waals surface area contributed by atoms with E-state index in [2.05, 4.69) is 23.8 Å². The van der Waals surface area contributed by atoms with Gasteiger partial charge in [0.2, 0.25) is 0 Å². The maximum Gasteiger partial charge on any atom is 0.328 e. The number of hydrogen-bond acceptors (Lipinski definition) is 2. The molecule has 2 aromatic rings. The predicted molar refractivity (Wildman–Crippen MR) is 77.5 cm³/mol. The van der Waals surface area contributed by atoms with Crippen molar-refractivity contribution in [3.63, 3.8) is 0 Å². The van der Waals surface area contributed by atoms with Crippen molar-refractivity contribution >= 4 is 22.9 Å². The van der Waals surface area contributed by atoms with E-state index in [-0.39, 0.29) is 5.41 Å². The molecular weight excluding hydrogens is 254 g/mol. The quantitative estimate of drug-likeness (QED) is 0.870. The molecule has 2 heterocycles. The molecule has 0 spiro atoms. The number of carboxylic acids is 1. The van der Waals surface area contributed by atoms with Crippen molar-refractivity contribution in [2.24, 2.45) is 5.41 Å². The number of ether oxygens (including phenoxy) is 1. The van der Waals surface area contributed by atoms with Crippen LogP contribution in [0.4, 0.5) is 0 Å². The lowest BCUT2D eigenvalue weighted by molar-refractivity contribution is -0.131. The van der Waals surface area contributed by atoms with E-state index < -0.39 is 5.97 Å². The molecule has 0 amide bonds. The summed E-state index contributed by atoms with van der Waals surface area (Å²) < 4.78 is 7.52. The molecule has 0 radical (unpaired) electrons. The van der Waals surface area contributed by atoms with Crippen LogP contribution in [-0.4, -0.2) is 28.9 Å². The van der Waals surface area contributed by atoms with Crippen LogP contribution in [0.15, 0.2) is 36.5 Å². The summed E-state index contributed by atoms with van der Waals surface area (Å²) in [7, 11) is 0. The molecule has 3 rings (SSSR count). The summed E-state index contributed by atoms with van der Waals surface area (Å²) in [5.41, 5.74) is 2.24. The van der Waals surface area contributed by atoms with Crippen LogP contribution in [0.2, 0.25) is 0 Å². The van der Waals surface area contributed by atoms with Crippen LogP contribution < -0.4 is 0 Å². The lowest BCUT2D eigenvalue weighted by Gasteiger charge is -2.38. The van der Waals surface area contributed by atoms with Crippen molar-refractivity contribution in [1.82, 2.24) is 4.57 Å². The van der Waals surface area contributed by atoms with E-state index in [9.17, 15) is 4.79 Å². The van der Waals surface area contributed by atoms with Crippen LogP contribution in [0.1, 0.15) is 12.5 Å². The van der Waals surface area contributed by atoms with Crippen molar-refractivity contribution in [3.05, 3.63) is 42.1 Å². The standard InChI is InChI=1S/C16H17NO3/c1-16(10-20-11-16)9-17-7-6-13-4-2-12(8-14(13)17)3-5-15(18)19/h2-8H,9-11H2,1H3,(H,18,19). The molecule has 0 aliphatic carbocycles. The SMILES string of the molecule is CC1(Cn2ccc3ccc(C=CC(=O)O)cc32)COC1. The third-order valence-corrected chi connectivity index (χ3v) is 3.67. The van der Waals surface area contributed by atoms with Gasteiger partial charge < -0.3 is 14.4 Å². The van der Waals surface area contributed by atoms with Gasteiger partial charge in [-0.15, -0.1) is 0 Å². The second-order valence-electron chi connectivity index (χ2n) is 5.74. The summed E-state index contributed by atoms with van der Waals surface area (Å²) in [5, 5.41) is 9.86. The molecule has 0 saturated carbocycles. The van der Waals surface area contributed by atoms with E-state index in [1.807, 2.05) is 18.2 Å². The fraction of sp³-hybridized carbons (Fsp3) is 0.312. The van der Waals surface area contributed by atoms with Gasteiger partial charge in [0, 0.05) is 29.7 Å². The van der Waals surface area contributed by atoms with Crippen LogP contribution in [0.5, 0.6) is 0 Å². The summed E-state index contributed by atoms with van der Waals surface area (Å²) in [6.45, 7) is 4.73. The van der Waals surface area contributed by atoms with Gasteiger partial charge in [-0.2, -0.15) is 0 Å². The first-order chi connectivity index (χ1) is 9.56. The summed E-state index contributed by atoms with van der Waals surface area (Å²) in [6.07, 6.45) is 4.86. The molecule has 20 heavy (non-hydrogen) atoms. The highest BCUT2D eigenvalue weighted by Gasteiger charge is 2.33. The smallest absolute Gasteiger partial charge is 0.328 e. The number of benzene rings is 1. The average molecular weight is 271 g/mol. The summed E-state index contributed by atoms with van der Waals surface area (Å²) in [6, 6.07) is 8.06. The molecular formula is C16H17NO3. The Bertz CT molecular complexity index is 680. The Kier molecular flexibility index (Phi) is 3.10. The minimum absolute atomic E-state index is 0.207.